The Balaban J connectivity index is 5.21. The van der Waals surface area contributed by atoms with E-state index in [0.29, 0.717) is 25.7 Å². The third kappa shape index (κ3) is 70.3. The molecule has 0 aromatic heterocycles. The maximum Gasteiger partial charge on any atom is 0.472 e. The number of phosphoric acid groups is 2. The maximum atomic E-state index is 13.1. The van der Waals surface area contributed by atoms with Crippen molar-refractivity contribution in [2.45, 2.75) is 419 Å². The predicted molar refractivity (Wildman–Crippen MR) is 386 cm³/mol. The summed E-state index contributed by atoms with van der Waals surface area (Å²) in [5.74, 6) is -1.40. The zero-order chi connectivity index (χ0) is 69.8. The minimum absolute atomic E-state index is 0.105. The van der Waals surface area contributed by atoms with E-state index in [1.165, 1.54) is 225 Å². The topological polar surface area (TPSA) is 237 Å². The van der Waals surface area contributed by atoms with Gasteiger partial charge in [-0.05, 0) is 31.6 Å². The second-order valence-electron chi connectivity index (χ2n) is 27.9. The van der Waals surface area contributed by atoms with Crippen LogP contribution in [0.5, 0.6) is 0 Å². The van der Waals surface area contributed by atoms with E-state index in [1.807, 2.05) is 0 Å². The van der Waals surface area contributed by atoms with Gasteiger partial charge in [0, 0.05) is 25.7 Å². The van der Waals surface area contributed by atoms with Gasteiger partial charge in [-0.3, -0.25) is 37.3 Å². The van der Waals surface area contributed by atoms with Crippen LogP contribution in [-0.2, 0) is 65.4 Å². The van der Waals surface area contributed by atoms with Crippen molar-refractivity contribution in [2.75, 3.05) is 39.6 Å². The van der Waals surface area contributed by atoms with Crippen molar-refractivity contribution in [1.29, 1.82) is 0 Å². The van der Waals surface area contributed by atoms with E-state index in [0.717, 1.165) is 95.8 Å². The predicted octanol–water partition coefficient (Wildman–Crippen LogP) is 22.5. The first kappa shape index (κ1) is 93.1. The molecular weight excluding hydrogens is 1250 g/mol. The van der Waals surface area contributed by atoms with Gasteiger partial charge < -0.3 is 33.8 Å². The summed E-state index contributed by atoms with van der Waals surface area (Å²) in [5, 5.41) is 10.6. The molecule has 0 aromatic carbocycles. The van der Waals surface area contributed by atoms with Crippen LogP contribution in [-0.4, -0.2) is 96.7 Å². The van der Waals surface area contributed by atoms with Gasteiger partial charge in [-0.25, -0.2) is 9.13 Å². The number of phosphoric ester groups is 2. The second-order valence-corrected chi connectivity index (χ2v) is 30.8. The van der Waals surface area contributed by atoms with Gasteiger partial charge in [0.25, 0.3) is 0 Å². The average Bonchev–Trinajstić information content (AvgIpc) is 3.48. The van der Waals surface area contributed by atoms with Gasteiger partial charge in [-0.1, -0.05) is 349 Å². The molecule has 0 spiro atoms. The second kappa shape index (κ2) is 69.2. The summed E-state index contributed by atoms with van der Waals surface area (Å²) in [6, 6.07) is 0. The largest absolute Gasteiger partial charge is 0.472 e. The lowest BCUT2D eigenvalue weighted by molar-refractivity contribution is -0.161. The van der Waals surface area contributed by atoms with E-state index < -0.39 is 97.5 Å². The van der Waals surface area contributed by atoms with Crippen molar-refractivity contribution in [3.63, 3.8) is 0 Å². The molecule has 564 valence electrons. The Hall–Kier alpha value is -1.94. The summed E-state index contributed by atoms with van der Waals surface area (Å²) in [6.07, 6.45) is 58.3. The highest BCUT2D eigenvalue weighted by atomic mass is 31.2. The molecule has 0 fully saturated rings. The van der Waals surface area contributed by atoms with Crippen molar-refractivity contribution < 1.29 is 80.2 Å². The number of rotatable bonds is 76. The monoisotopic (exact) mass is 1400 g/mol. The number of aliphatic hydroxyl groups excluding tert-OH is 1. The summed E-state index contributed by atoms with van der Waals surface area (Å²) in [4.78, 5) is 72.7. The summed E-state index contributed by atoms with van der Waals surface area (Å²) in [7, 11) is -9.91. The van der Waals surface area contributed by atoms with Gasteiger partial charge in [0.2, 0.25) is 0 Å². The first-order valence-electron chi connectivity index (χ1n) is 39.6. The van der Waals surface area contributed by atoms with Gasteiger partial charge in [0.1, 0.15) is 19.3 Å². The molecule has 0 aromatic rings. The van der Waals surface area contributed by atoms with Crippen LogP contribution in [0.4, 0.5) is 0 Å². The van der Waals surface area contributed by atoms with Gasteiger partial charge in [-0.2, -0.15) is 0 Å². The minimum Gasteiger partial charge on any atom is -0.462 e. The van der Waals surface area contributed by atoms with E-state index in [-0.39, 0.29) is 25.7 Å². The Kier molecular flexibility index (Phi) is 67.7. The average molecular weight is 1400 g/mol. The summed E-state index contributed by atoms with van der Waals surface area (Å²) in [6.45, 7) is 7.24. The molecule has 0 aliphatic carbocycles. The van der Waals surface area contributed by atoms with E-state index in [1.54, 1.807) is 0 Å². The molecule has 19 heteroatoms. The number of unbranched alkanes of at least 4 members (excludes halogenated alkanes) is 48. The Morgan fingerprint density at radius 2 is 0.484 bits per heavy atom. The fourth-order valence-electron chi connectivity index (χ4n) is 11.7. The number of hydrogen-bond donors (Lipinski definition) is 3. The molecule has 0 aliphatic rings. The highest BCUT2D eigenvalue weighted by molar-refractivity contribution is 7.47. The first-order valence-corrected chi connectivity index (χ1v) is 42.6. The van der Waals surface area contributed by atoms with E-state index >= 15 is 0 Å². The molecule has 0 saturated heterocycles. The van der Waals surface area contributed by atoms with Gasteiger partial charge in [-0.15, -0.1) is 0 Å². The normalized spacial score (nSPS) is 13.9. The molecule has 0 amide bonds. The third-order valence-corrected chi connectivity index (χ3v) is 19.7. The fraction of sp³-hybridized carbons (Fsp3) is 0.947. The van der Waals surface area contributed by atoms with Crippen molar-refractivity contribution >= 4 is 39.5 Å². The zero-order valence-electron chi connectivity index (χ0n) is 61.8. The number of ether oxygens (including phenoxy) is 4. The van der Waals surface area contributed by atoms with Crippen LogP contribution in [0, 0.1) is 5.92 Å². The van der Waals surface area contributed by atoms with Crippen molar-refractivity contribution in [3.8, 4) is 0 Å². The van der Waals surface area contributed by atoms with Crippen LogP contribution in [0.1, 0.15) is 401 Å². The van der Waals surface area contributed by atoms with Crippen LogP contribution in [0.3, 0.4) is 0 Å². The number of aliphatic hydroxyl groups is 1. The smallest absolute Gasteiger partial charge is 0.462 e. The minimum atomic E-state index is -4.96. The molecule has 0 bridgehead atoms. The zero-order valence-corrected chi connectivity index (χ0v) is 63.6. The van der Waals surface area contributed by atoms with Gasteiger partial charge in [0.05, 0.1) is 26.4 Å². The SMILES string of the molecule is CCCCCCCCCCCCCCCCCCCCCCC(=O)O[C@H](COC(=O)CCCCCCCCCCCCCCCC)COP(=O)(O)OC[C@@H](O)COP(=O)(O)OC[C@@H](COC(=O)CCCCCCCCCCCC)OC(=O)CCCCCCCCCCC(C)C. The van der Waals surface area contributed by atoms with Gasteiger partial charge >= 0.3 is 39.5 Å². The standard InChI is InChI=1S/C76H148O17P2/c1-6-9-12-15-18-21-24-26-28-29-30-31-32-33-35-37-40-46-51-56-61-75(80)92-71(65-87-74(79)60-55-50-45-39-36-34-27-25-22-19-16-13-10-7-2)67-90-94(82,83)88-63-70(77)64-89-95(84,85)91-68-72(66-86-73(78)59-54-49-44-38-23-20-17-14-11-8-3)93-76(81)62-57-52-47-42-41-43-48-53-58-69(4)5/h69-72,77H,6-68H2,1-5H3,(H,82,83)(H,84,85)/t70-,71-,72-/m1/s1. The quantitative estimate of drug-likeness (QED) is 0.0222. The number of hydrogen-bond acceptors (Lipinski definition) is 15. The molecule has 95 heavy (non-hydrogen) atoms. The lowest BCUT2D eigenvalue weighted by Gasteiger charge is -2.21. The van der Waals surface area contributed by atoms with Crippen LogP contribution >= 0.6 is 15.6 Å². The third-order valence-electron chi connectivity index (χ3n) is 17.8. The van der Waals surface area contributed by atoms with E-state index in [2.05, 4.69) is 34.6 Å². The summed E-state index contributed by atoms with van der Waals surface area (Å²) < 4.78 is 68.5. The highest BCUT2D eigenvalue weighted by Gasteiger charge is 2.30. The van der Waals surface area contributed by atoms with Crippen molar-refractivity contribution in [2.24, 2.45) is 5.92 Å². The van der Waals surface area contributed by atoms with Crippen LogP contribution in [0.2, 0.25) is 0 Å². The Labute approximate surface area is 581 Å². The molecule has 17 nitrogen and oxygen atoms in total. The van der Waals surface area contributed by atoms with Crippen LogP contribution in [0.25, 0.3) is 0 Å². The molecule has 0 rings (SSSR count). The van der Waals surface area contributed by atoms with E-state index in [4.69, 9.17) is 37.0 Å². The number of carbonyl (C=O) groups is 4. The lowest BCUT2D eigenvalue weighted by Crippen LogP contribution is -2.30. The first-order chi connectivity index (χ1) is 46.0. The number of esters is 4. The van der Waals surface area contributed by atoms with Crippen molar-refractivity contribution in [1.82, 2.24) is 0 Å². The summed E-state index contributed by atoms with van der Waals surface area (Å²) in [5.41, 5.74) is 0. The Morgan fingerprint density at radius 3 is 0.716 bits per heavy atom. The molecule has 0 saturated carbocycles. The molecule has 3 N–H and O–H groups in total. The highest BCUT2D eigenvalue weighted by Crippen LogP contribution is 2.45. The Bertz CT molecular complexity index is 1820. The number of carbonyl (C=O) groups excluding carboxylic acids is 4. The summed E-state index contributed by atoms with van der Waals surface area (Å²) >= 11 is 0. The molecular formula is C76H148O17P2. The molecule has 0 radical (unpaired) electrons. The lowest BCUT2D eigenvalue weighted by atomic mass is 10.0. The molecule has 0 heterocycles. The fourth-order valence-corrected chi connectivity index (χ4v) is 13.3. The van der Waals surface area contributed by atoms with Crippen molar-refractivity contribution in [3.05, 3.63) is 0 Å². The molecule has 0 aliphatic heterocycles. The van der Waals surface area contributed by atoms with Crippen LogP contribution in [0.15, 0.2) is 0 Å². The van der Waals surface area contributed by atoms with Crippen LogP contribution < -0.4 is 0 Å². The molecule has 5 atom stereocenters. The maximum absolute atomic E-state index is 13.1. The molecule has 2 unspecified atom stereocenters. The van der Waals surface area contributed by atoms with Gasteiger partial charge in [0.15, 0.2) is 12.2 Å². The Morgan fingerprint density at radius 1 is 0.284 bits per heavy atom. The van der Waals surface area contributed by atoms with E-state index in [9.17, 15) is 43.2 Å².